The Morgan fingerprint density at radius 1 is 1.18 bits per heavy atom. The number of rotatable bonds is 1. The number of nitrogens with zero attached hydrogens (tertiary/aromatic N) is 4. The fourth-order valence-electron chi connectivity index (χ4n) is 1.79. The third-order valence-electron chi connectivity index (χ3n) is 2.64. The van der Waals surface area contributed by atoms with E-state index in [0.717, 1.165) is 22.7 Å². The van der Waals surface area contributed by atoms with Gasteiger partial charge in [-0.15, -0.1) is 0 Å². The maximum absolute atomic E-state index is 5.62. The van der Waals surface area contributed by atoms with E-state index >= 15 is 0 Å². The van der Waals surface area contributed by atoms with Gasteiger partial charge >= 0.3 is 0 Å². The molecule has 3 rings (SSSR count). The Bertz CT molecular complexity index is 669. The maximum Gasteiger partial charge on any atom is 0.160 e. The Morgan fingerprint density at radius 3 is 2.76 bits per heavy atom. The van der Waals surface area contributed by atoms with Crippen molar-refractivity contribution in [1.29, 1.82) is 0 Å². The molecule has 0 spiro atoms. The minimum atomic E-state index is 0.644. The number of fused-ring (bicyclic) bond motifs is 1. The van der Waals surface area contributed by atoms with Crippen molar-refractivity contribution in [1.82, 2.24) is 19.5 Å². The molecular weight excluding hydrogens is 214 g/mol. The molecule has 0 fully saturated rings. The summed E-state index contributed by atoms with van der Waals surface area (Å²) in [6.45, 7) is 0. The van der Waals surface area contributed by atoms with Crippen molar-refractivity contribution in [2.75, 3.05) is 5.73 Å². The lowest BCUT2D eigenvalue weighted by Gasteiger charge is -2.01. The van der Waals surface area contributed by atoms with Crippen LogP contribution >= 0.6 is 0 Å². The van der Waals surface area contributed by atoms with Gasteiger partial charge in [-0.05, 0) is 24.3 Å². The van der Waals surface area contributed by atoms with Gasteiger partial charge in [-0.1, -0.05) is 0 Å². The summed E-state index contributed by atoms with van der Waals surface area (Å²) in [5.74, 6) is 0.790. The van der Waals surface area contributed by atoms with Gasteiger partial charge in [0.15, 0.2) is 11.5 Å². The molecule has 0 aliphatic rings. The molecule has 0 saturated heterocycles. The van der Waals surface area contributed by atoms with E-state index in [1.807, 2.05) is 35.9 Å². The van der Waals surface area contributed by atoms with Gasteiger partial charge in [-0.25, -0.2) is 9.97 Å². The number of aryl methyl sites for hydroxylation is 1. The second-order valence-electron chi connectivity index (χ2n) is 3.82. The van der Waals surface area contributed by atoms with Crippen LogP contribution in [0.4, 0.5) is 5.69 Å². The van der Waals surface area contributed by atoms with Crippen LogP contribution in [0, 0.1) is 0 Å². The summed E-state index contributed by atoms with van der Waals surface area (Å²) in [6, 6.07) is 7.48. The van der Waals surface area contributed by atoms with Gasteiger partial charge in [-0.2, -0.15) is 0 Å². The first-order valence-corrected chi connectivity index (χ1v) is 5.25. The number of nitrogens with two attached hydrogens (primary N) is 1. The lowest BCUT2D eigenvalue weighted by molar-refractivity contribution is 0.934. The average molecular weight is 225 g/mol. The molecular formula is C12H11N5. The predicted molar refractivity (Wildman–Crippen MR) is 66.2 cm³/mol. The topological polar surface area (TPSA) is 69.6 Å². The molecule has 84 valence electrons. The van der Waals surface area contributed by atoms with Crippen LogP contribution in [0.15, 0.2) is 36.7 Å². The zero-order chi connectivity index (χ0) is 11.8. The van der Waals surface area contributed by atoms with Gasteiger partial charge in [0, 0.05) is 13.2 Å². The summed E-state index contributed by atoms with van der Waals surface area (Å²) in [5, 5.41) is 0. The van der Waals surface area contributed by atoms with E-state index in [4.69, 9.17) is 5.73 Å². The molecule has 3 aromatic rings. The molecule has 0 bridgehead atoms. The average Bonchev–Trinajstić information content (AvgIpc) is 2.69. The largest absolute Gasteiger partial charge is 0.397 e. The van der Waals surface area contributed by atoms with E-state index < -0.39 is 0 Å². The van der Waals surface area contributed by atoms with Gasteiger partial charge in [0.1, 0.15) is 11.2 Å². The number of imidazole rings is 1. The molecule has 0 unspecified atom stereocenters. The third-order valence-corrected chi connectivity index (χ3v) is 2.64. The first-order chi connectivity index (χ1) is 8.25. The van der Waals surface area contributed by atoms with Crippen LogP contribution in [0.5, 0.6) is 0 Å². The molecule has 5 heteroatoms. The fraction of sp³-hybridized carbons (Fsp3) is 0.0833. The Labute approximate surface area is 98.0 Å². The van der Waals surface area contributed by atoms with Crippen LogP contribution in [-0.4, -0.2) is 19.5 Å². The molecule has 5 nitrogen and oxygen atoms in total. The van der Waals surface area contributed by atoms with Crippen molar-refractivity contribution in [3.8, 4) is 11.5 Å². The van der Waals surface area contributed by atoms with Crippen molar-refractivity contribution in [3.63, 3.8) is 0 Å². The summed E-state index contributed by atoms with van der Waals surface area (Å²) < 4.78 is 1.92. The summed E-state index contributed by atoms with van der Waals surface area (Å²) in [7, 11) is 1.93. The third kappa shape index (κ3) is 1.52. The molecule has 0 aromatic carbocycles. The standard InChI is InChI=1S/C12H11N5/c1-17-11-10(3-2-6-14-11)16-12(17)9-5-4-8(13)7-15-9/h2-7H,13H2,1H3. The lowest BCUT2D eigenvalue weighted by Crippen LogP contribution is -1.96. The monoisotopic (exact) mass is 225 g/mol. The number of hydrogen-bond acceptors (Lipinski definition) is 4. The van der Waals surface area contributed by atoms with Crippen molar-refractivity contribution >= 4 is 16.9 Å². The van der Waals surface area contributed by atoms with Crippen molar-refractivity contribution in [3.05, 3.63) is 36.7 Å². The van der Waals surface area contributed by atoms with E-state index in [2.05, 4.69) is 15.0 Å². The van der Waals surface area contributed by atoms with Gasteiger partial charge in [-0.3, -0.25) is 4.98 Å². The first kappa shape index (κ1) is 9.77. The van der Waals surface area contributed by atoms with Crippen molar-refractivity contribution in [2.24, 2.45) is 7.05 Å². The molecule has 17 heavy (non-hydrogen) atoms. The number of hydrogen-bond donors (Lipinski definition) is 1. The van der Waals surface area contributed by atoms with Crippen LogP contribution in [0.2, 0.25) is 0 Å². The quantitative estimate of drug-likeness (QED) is 0.683. The Kier molecular flexibility index (Phi) is 2.04. The second kappa shape index (κ2) is 3.55. The second-order valence-corrected chi connectivity index (χ2v) is 3.82. The molecule has 0 saturated carbocycles. The number of aromatic nitrogens is 4. The zero-order valence-corrected chi connectivity index (χ0v) is 9.33. The van der Waals surface area contributed by atoms with E-state index in [9.17, 15) is 0 Å². The van der Waals surface area contributed by atoms with Crippen LogP contribution in [0.1, 0.15) is 0 Å². The predicted octanol–water partition coefficient (Wildman–Crippen LogP) is 1.61. The molecule has 0 aliphatic carbocycles. The van der Waals surface area contributed by atoms with Crippen molar-refractivity contribution in [2.45, 2.75) is 0 Å². The summed E-state index contributed by atoms with van der Waals surface area (Å²) in [4.78, 5) is 13.1. The highest BCUT2D eigenvalue weighted by atomic mass is 15.1. The number of pyridine rings is 2. The lowest BCUT2D eigenvalue weighted by atomic mass is 10.3. The highest BCUT2D eigenvalue weighted by molar-refractivity contribution is 5.76. The van der Waals surface area contributed by atoms with E-state index in [1.165, 1.54) is 0 Å². The maximum atomic E-state index is 5.62. The Morgan fingerprint density at radius 2 is 2.06 bits per heavy atom. The zero-order valence-electron chi connectivity index (χ0n) is 9.33. The molecule has 3 heterocycles. The van der Waals surface area contributed by atoms with Gasteiger partial charge in [0.05, 0.1) is 11.9 Å². The smallest absolute Gasteiger partial charge is 0.160 e. The SMILES string of the molecule is Cn1c(-c2ccc(N)cn2)nc2cccnc21. The molecule has 0 atom stereocenters. The summed E-state index contributed by atoms with van der Waals surface area (Å²) >= 11 is 0. The van der Waals surface area contributed by atoms with Gasteiger partial charge in [0.2, 0.25) is 0 Å². The molecule has 2 N–H and O–H groups in total. The van der Waals surface area contributed by atoms with Crippen LogP contribution < -0.4 is 5.73 Å². The minimum Gasteiger partial charge on any atom is -0.397 e. The molecule has 3 aromatic heterocycles. The highest BCUT2D eigenvalue weighted by Gasteiger charge is 2.10. The molecule has 0 amide bonds. The van der Waals surface area contributed by atoms with Gasteiger partial charge in [0.25, 0.3) is 0 Å². The van der Waals surface area contributed by atoms with E-state index in [-0.39, 0.29) is 0 Å². The summed E-state index contributed by atoms with van der Waals surface area (Å²) in [6.07, 6.45) is 3.38. The van der Waals surface area contributed by atoms with E-state index in [1.54, 1.807) is 12.4 Å². The fourth-order valence-corrected chi connectivity index (χ4v) is 1.79. The van der Waals surface area contributed by atoms with E-state index in [0.29, 0.717) is 5.69 Å². The van der Waals surface area contributed by atoms with Crippen LogP contribution in [0.3, 0.4) is 0 Å². The van der Waals surface area contributed by atoms with Crippen LogP contribution in [0.25, 0.3) is 22.7 Å². The van der Waals surface area contributed by atoms with Gasteiger partial charge < -0.3 is 10.3 Å². The summed E-state index contributed by atoms with van der Waals surface area (Å²) in [5.41, 5.74) is 8.76. The first-order valence-electron chi connectivity index (χ1n) is 5.25. The molecule has 0 radical (unpaired) electrons. The van der Waals surface area contributed by atoms with Crippen LogP contribution in [-0.2, 0) is 7.05 Å². The number of nitrogen functional groups attached to an aromatic ring is 1. The Balaban J connectivity index is 2.24. The molecule has 0 aliphatic heterocycles. The number of anilines is 1. The normalized spacial score (nSPS) is 10.9. The minimum absolute atomic E-state index is 0.644. The van der Waals surface area contributed by atoms with Crippen molar-refractivity contribution < 1.29 is 0 Å². The Hall–Kier alpha value is -2.43. The highest BCUT2D eigenvalue weighted by Crippen LogP contribution is 2.20.